The number of nitrogens with zero attached hydrogens (tertiary/aromatic N) is 1. The van der Waals surface area contributed by atoms with Gasteiger partial charge in [-0.1, -0.05) is 26.8 Å². The minimum atomic E-state index is -4.35. The molecule has 1 heterocycles. The Morgan fingerprint density at radius 2 is 1.62 bits per heavy atom. The molecule has 5 heteroatoms. The Morgan fingerprint density at radius 1 is 1.12 bits per heavy atom. The van der Waals surface area contributed by atoms with Gasteiger partial charge >= 0.3 is 6.18 Å². The quantitative estimate of drug-likeness (QED) is 0.688. The van der Waals surface area contributed by atoms with E-state index >= 15 is 0 Å². The van der Waals surface area contributed by atoms with E-state index in [0.29, 0.717) is 0 Å². The summed E-state index contributed by atoms with van der Waals surface area (Å²) in [6.45, 7) is 7.78. The normalized spacial score (nSPS) is 11.6. The summed E-state index contributed by atoms with van der Waals surface area (Å²) in [5, 5.41) is 0. The highest BCUT2D eigenvalue weighted by Gasteiger charge is 2.32. The predicted octanol–water partition coefficient (Wildman–Crippen LogP) is 3.21. The van der Waals surface area contributed by atoms with Crippen molar-refractivity contribution in [1.82, 2.24) is 4.98 Å². The minimum Gasteiger partial charge on any atom is -0.307 e. The average Bonchev–Trinajstić information content (AvgIpc) is 2.18. The van der Waals surface area contributed by atoms with Gasteiger partial charge in [-0.3, -0.25) is 4.98 Å². The van der Waals surface area contributed by atoms with Crippen LogP contribution in [0.5, 0.6) is 0 Å². The molecule has 16 heavy (non-hydrogen) atoms. The van der Waals surface area contributed by atoms with E-state index in [9.17, 15) is 13.2 Å². The molecular weight excluding hydrogens is 219 g/mol. The maximum absolute atomic E-state index is 12.2. The third-order valence-corrected chi connectivity index (χ3v) is 1.92. The molecule has 1 aromatic heterocycles. The molecule has 0 amide bonds. The van der Waals surface area contributed by atoms with Crippen molar-refractivity contribution in [2.75, 3.05) is 0 Å². The summed E-state index contributed by atoms with van der Waals surface area (Å²) in [6.07, 6.45) is -3.07. The van der Waals surface area contributed by atoms with Crippen LogP contribution in [0.15, 0.2) is 18.3 Å². The zero-order valence-corrected chi connectivity index (χ0v) is 9.43. The molecule has 0 N–H and O–H groups in total. The molecule has 90 valence electrons. The Balaban J connectivity index is 0.00000106. The number of hydrogen-bond acceptors (Lipinski definition) is 2. The predicted molar refractivity (Wildman–Crippen MR) is 55.1 cm³/mol. The summed E-state index contributed by atoms with van der Waals surface area (Å²) in [7, 11) is 0. The molecule has 0 aromatic carbocycles. The lowest BCUT2D eigenvalue weighted by Gasteiger charge is -2.18. The molecule has 0 atom stereocenters. The summed E-state index contributed by atoms with van der Waals surface area (Å²) in [5.41, 5.74) is -0.215. The van der Waals surface area contributed by atoms with E-state index in [1.165, 1.54) is 12.3 Å². The van der Waals surface area contributed by atoms with E-state index in [4.69, 9.17) is 4.79 Å². The van der Waals surface area contributed by atoms with E-state index in [1.54, 1.807) is 0 Å². The largest absolute Gasteiger partial charge is 0.433 e. The van der Waals surface area contributed by atoms with Crippen molar-refractivity contribution in [2.45, 2.75) is 32.4 Å². The van der Waals surface area contributed by atoms with Gasteiger partial charge in [0.15, 0.2) is 0 Å². The fourth-order valence-electron chi connectivity index (χ4n) is 1.01. The summed E-state index contributed by atoms with van der Waals surface area (Å²) >= 11 is 0. The molecule has 0 radical (unpaired) electrons. The summed E-state index contributed by atoms with van der Waals surface area (Å²) in [6, 6.07) is 2.48. The number of halogens is 3. The number of carbonyl (C=O) groups is 1. The van der Waals surface area contributed by atoms with E-state index < -0.39 is 11.9 Å². The highest BCUT2D eigenvalue weighted by atomic mass is 19.4. The molecule has 1 aromatic rings. The van der Waals surface area contributed by atoms with Crippen LogP contribution in [0.4, 0.5) is 13.2 Å². The van der Waals surface area contributed by atoms with Gasteiger partial charge in [-0.25, -0.2) is 0 Å². The van der Waals surface area contributed by atoms with Crippen LogP contribution in [-0.2, 0) is 16.4 Å². The molecule has 0 aliphatic heterocycles. The zero-order valence-electron chi connectivity index (χ0n) is 9.43. The fraction of sp³-hybridized carbons (Fsp3) is 0.455. The van der Waals surface area contributed by atoms with Gasteiger partial charge in [0, 0.05) is 6.20 Å². The molecule has 0 bridgehead atoms. The van der Waals surface area contributed by atoms with Crippen LogP contribution in [-0.4, -0.2) is 11.8 Å². The van der Waals surface area contributed by atoms with E-state index in [-0.39, 0.29) is 5.41 Å². The second-order valence-corrected chi connectivity index (χ2v) is 4.18. The van der Waals surface area contributed by atoms with Crippen molar-refractivity contribution in [3.8, 4) is 0 Å². The first-order valence-corrected chi connectivity index (χ1v) is 4.54. The van der Waals surface area contributed by atoms with E-state index in [0.717, 1.165) is 11.6 Å². The summed E-state index contributed by atoms with van der Waals surface area (Å²) in [5.74, 6) is 0. The monoisotopic (exact) mass is 233 g/mol. The van der Waals surface area contributed by atoms with E-state index in [2.05, 4.69) is 4.98 Å². The first kappa shape index (κ1) is 14.6. The second kappa shape index (κ2) is 5.09. The molecule has 0 spiro atoms. The van der Waals surface area contributed by atoms with Crippen molar-refractivity contribution >= 4 is 6.79 Å². The van der Waals surface area contributed by atoms with Crippen molar-refractivity contribution < 1.29 is 18.0 Å². The molecule has 2 nitrogen and oxygen atoms in total. The lowest BCUT2D eigenvalue weighted by molar-refractivity contribution is -0.141. The number of hydrogen-bond donors (Lipinski definition) is 0. The topological polar surface area (TPSA) is 30.0 Å². The van der Waals surface area contributed by atoms with Gasteiger partial charge < -0.3 is 4.79 Å². The van der Waals surface area contributed by atoms with Gasteiger partial charge in [0.05, 0.1) is 0 Å². The minimum absolute atomic E-state index is 0.170. The molecule has 0 saturated heterocycles. The molecular formula is C11H14F3NO. The summed E-state index contributed by atoms with van der Waals surface area (Å²) in [4.78, 5) is 11.4. The number of aromatic nitrogens is 1. The molecule has 0 unspecified atom stereocenters. The first-order chi connectivity index (χ1) is 7.21. The Labute approximate surface area is 92.5 Å². The smallest absolute Gasteiger partial charge is 0.307 e. The highest BCUT2D eigenvalue weighted by Crippen LogP contribution is 2.29. The van der Waals surface area contributed by atoms with Gasteiger partial charge in [-0.05, 0) is 17.0 Å². The van der Waals surface area contributed by atoms with Gasteiger partial charge in [0.1, 0.15) is 12.5 Å². The SMILES string of the molecule is C=O.CC(C)(C)c1ccc(C(F)(F)F)nc1. The number of alkyl halides is 3. The standard InChI is InChI=1S/C10H12F3N.CH2O/c1-9(2,3)7-4-5-8(14-6-7)10(11,12)13;1-2/h4-6H,1-3H3;1H2. The van der Waals surface area contributed by atoms with E-state index in [1.807, 2.05) is 27.6 Å². The van der Waals surface area contributed by atoms with Gasteiger partial charge in [0.2, 0.25) is 0 Å². The fourth-order valence-corrected chi connectivity index (χ4v) is 1.01. The Kier molecular flexibility index (Phi) is 4.65. The van der Waals surface area contributed by atoms with Crippen LogP contribution in [0.1, 0.15) is 32.0 Å². The Bertz CT molecular complexity index is 292. The van der Waals surface area contributed by atoms with Crippen LogP contribution in [0, 0.1) is 0 Å². The van der Waals surface area contributed by atoms with Gasteiger partial charge in [-0.2, -0.15) is 13.2 Å². The third kappa shape index (κ3) is 4.00. The number of rotatable bonds is 0. The number of pyridine rings is 1. The first-order valence-electron chi connectivity index (χ1n) is 4.54. The van der Waals surface area contributed by atoms with Crippen molar-refractivity contribution in [3.05, 3.63) is 29.6 Å². The van der Waals surface area contributed by atoms with Crippen LogP contribution < -0.4 is 0 Å². The van der Waals surface area contributed by atoms with Crippen LogP contribution in [0.3, 0.4) is 0 Å². The van der Waals surface area contributed by atoms with Crippen molar-refractivity contribution in [2.24, 2.45) is 0 Å². The van der Waals surface area contributed by atoms with Crippen LogP contribution in [0.25, 0.3) is 0 Å². The maximum atomic E-state index is 12.2. The average molecular weight is 233 g/mol. The van der Waals surface area contributed by atoms with Crippen molar-refractivity contribution in [1.29, 1.82) is 0 Å². The Morgan fingerprint density at radius 3 is 1.88 bits per heavy atom. The van der Waals surface area contributed by atoms with Crippen LogP contribution in [0.2, 0.25) is 0 Å². The number of carbonyl (C=O) groups excluding carboxylic acids is 1. The Hall–Kier alpha value is -1.39. The second-order valence-electron chi connectivity index (χ2n) is 4.18. The summed E-state index contributed by atoms with van der Waals surface area (Å²) < 4.78 is 36.5. The van der Waals surface area contributed by atoms with Crippen molar-refractivity contribution in [3.63, 3.8) is 0 Å². The van der Waals surface area contributed by atoms with Crippen LogP contribution >= 0.6 is 0 Å². The third-order valence-electron chi connectivity index (χ3n) is 1.92. The molecule has 0 saturated carbocycles. The zero-order chi connectivity index (χ0) is 13.0. The maximum Gasteiger partial charge on any atom is 0.433 e. The molecule has 0 aliphatic rings. The molecule has 0 aliphatic carbocycles. The molecule has 0 fully saturated rings. The lowest BCUT2D eigenvalue weighted by atomic mass is 9.88. The molecule has 1 rings (SSSR count). The van der Waals surface area contributed by atoms with Gasteiger partial charge in [0.25, 0.3) is 0 Å². The highest BCUT2D eigenvalue weighted by molar-refractivity contribution is 5.22. The van der Waals surface area contributed by atoms with Gasteiger partial charge in [-0.15, -0.1) is 0 Å². The lowest BCUT2D eigenvalue weighted by Crippen LogP contribution is -2.14.